The minimum atomic E-state index is -4.51. The van der Waals surface area contributed by atoms with Gasteiger partial charge in [-0.25, -0.2) is 19.4 Å². The smallest absolute Gasteiger partial charge is 0.309 e. The van der Waals surface area contributed by atoms with E-state index < -0.39 is 47.6 Å². The zero-order valence-corrected chi connectivity index (χ0v) is 24.4. The second-order valence-corrected chi connectivity index (χ2v) is 12.9. The summed E-state index contributed by atoms with van der Waals surface area (Å²) in [5.74, 6) is -0.507. The monoisotopic (exact) mass is 648 g/mol. The lowest BCUT2D eigenvalue weighted by Crippen LogP contribution is -2.54. The second kappa shape index (κ2) is 10.7. The van der Waals surface area contributed by atoms with Gasteiger partial charge < -0.3 is 9.80 Å². The molecule has 8 nitrogen and oxygen atoms in total. The third-order valence-corrected chi connectivity index (χ3v) is 10.4. The third-order valence-electron chi connectivity index (χ3n) is 10.4. The highest BCUT2D eigenvalue weighted by Crippen LogP contribution is 2.46. The van der Waals surface area contributed by atoms with Gasteiger partial charge in [0.1, 0.15) is 12.1 Å². The fourth-order valence-corrected chi connectivity index (χ4v) is 8.29. The maximum atomic E-state index is 12.9. The van der Waals surface area contributed by atoms with Crippen molar-refractivity contribution >= 4 is 35.3 Å². The van der Waals surface area contributed by atoms with Crippen molar-refractivity contribution in [2.24, 2.45) is 11.8 Å². The van der Waals surface area contributed by atoms with Crippen LogP contribution in [0.1, 0.15) is 62.5 Å². The second-order valence-electron chi connectivity index (χ2n) is 12.9. The van der Waals surface area contributed by atoms with E-state index in [0.29, 0.717) is 0 Å². The summed E-state index contributed by atoms with van der Waals surface area (Å²) in [6.45, 7) is 0. The van der Waals surface area contributed by atoms with E-state index in [1.807, 2.05) is 0 Å². The molecule has 0 spiro atoms. The number of carbonyl (C=O) groups excluding carboxylic acids is 4. The number of piperidine rings is 4. The number of carbonyl (C=O) groups is 4. The number of hydrogen-bond acceptors (Lipinski definition) is 4. The summed E-state index contributed by atoms with van der Waals surface area (Å²) in [5.41, 5.74) is -1.71. The highest BCUT2D eigenvalue weighted by Gasteiger charge is 2.57. The van der Waals surface area contributed by atoms with Crippen LogP contribution in [0.5, 0.6) is 0 Å². The van der Waals surface area contributed by atoms with E-state index in [4.69, 9.17) is 0 Å². The molecule has 0 radical (unpaired) electrons. The zero-order valence-electron chi connectivity index (χ0n) is 24.4. The highest BCUT2D eigenvalue weighted by molar-refractivity contribution is 6.22. The van der Waals surface area contributed by atoms with Crippen LogP contribution in [-0.4, -0.2) is 57.8 Å². The Kier molecular flexibility index (Phi) is 7.13. The topological polar surface area (TPSA) is 81.2 Å². The molecule has 6 heterocycles. The summed E-state index contributed by atoms with van der Waals surface area (Å²) in [5, 5.41) is 0. The Morgan fingerprint density at radius 2 is 0.870 bits per heavy atom. The fourth-order valence-electron chi connectivity index (χ4n) is 8.29. The van der Waals surface area contributed by atoms with Crippen molar-refractivity contribution in [1.82, 2.24) is 9.80 Å². The van der Waals surface area contributed by atoms with Gasteiger partial charge in [-0.15, -0.1) is 0 Å². The predicted octanol–water partition coefficient (Wildman–Crippen LogP) is 6.83. The SMILES string of the molecule is O=C1[C@@H]2C3CCC(CC3)N2C(=O)N1c1cccc(C(F)(F)F)c1.O=C1[C@H]2C3CCC(CC3)N2C(=O)N1c1cccc(C(F)(F)F)c1. The molecule has 0 unspecified atom stereocenters. The Balaban J connectivity index is 0.000000147. The number of alkyl halides is 6. The molecule has 6 saturated heterocycles. The molecule has 46 heavy (non-hydrogen) atoms. The Morgan fingerprint density at radius 3 is 1.17 bits per heavy atom. The molecular weight excluding hydrogens is 618 g/mol. The van der Waals surface area contributed by atoms with Crippen LogP contribution < -0.4 is 9.80 Å². The van der Waals surface area contributed by atoms with E-state index in [9.17, 15) is 45.5 Å². The maximum Gasteiger partial charge on any atom is 0.416 e. The van der Waals surface area contributed by atoms with Crippen molar-refractivity contribution in [1.29, 1.82) is 0 Å². The molecule has 8 aliphatic rings. The summed E-state index contributed by atoms with van der Waals surface area (Å²) in [6, 6.07) is 6.96. The van der Waals surface area contributed by atoms with Gasteiger partial charge in [0.15, 0.2) is 0 Å². The number of anilines is 2. The molecule has 244 valence electrons. The van der Waals surface area contributed by atoms with E-state index >= 15 is 0 Å². The molecule has 8 fully saturated rings. The largest absolute Gasteiger partial charge is 0.416 e. The molecule has 4 bridgehead atoms. The Labute approximate surface area is 259 Å². The van der Waals surface area contributed by atoms with Gasteiger partial charge in [-0.2, -0.15) is 26.3 Å². The first kappa shape index (κ1) is 30.5. The molecule has 2 aromatic rings. The summed E-state index contributed by atoms with van der Waals surface area (Å²) >= 11 is 0. The summed E-state index contributed by atoms with van der Waals surface area (Å²) in [4.78, 5) is 55.7. The number of urea groups is 2. The molecule has 10 rings (SSSR count). The van der Waals surface area contributed by atoms with Crippen molar-refractivity contribution < 1.29 is 45.5 Å². The summed E-state index contributed by atoms with van der Waals surface area (Å²) < 4.78 is 77.3. The molecule has 2 aromatic carbocycles. The number of benzene rings is 2. The number of imide groups is 2. The molecule has 14 heteroatoms. The van der Waals surface area contributed by atoms with Crippen LogP contribution in [0, 0.1) is 11.8 Å². The van der Waals surface area contributed by atoms with Crippen LogP contribution in [0.3, 0.4) is 0 Å². The van der Waals surface area contributed by atoms with Gasteiger partial charge in [-0.3, -0.25) is 9.59 Å². The number of halogens is 6. The number of amides is 6. The number of nitrogens with zero attached hydrogens (tertiary/aromatic N) is 4. The molecule has 2 saturated carbocycles. The number of fused-ring (bicyclic) bond motifs is 4. The average Bonchev–Trinajstić information content (AvgIpc) is 3.49. The molecule has 6 amide bonds. The number of rotatable bonds is 2. The van der Waals surface area contributed by atoms with E-state index in [1.165, 1.54) is 24.3 Å². The van der Waals surface area contributed by atoms with Crippen molar-refractivity contribution in [3.63, 3.8) is 0 Å². The van der Waals surface area contributed by atoms with Crippen LogP contribution in [0.25, 0.3) is 0 Å². The highest BCUT2D eigenvalue weighted by atomic mass is 19.4. The lowest BCUT2D eigenvalue weighted by Gasteiger charge is -2.45. The normalized spacial score (nSPS) is 30.1. The molecule has 0 aromatic heterocycles. The minimum Gasteiger partial charge on any atom is -0.309 e. The van der Waals surface area contributed by atoms with E-state index in [0.717, 1.165) is 85.4 Å². The molecule has 0 N–H and O–H groups in total. The minimum absolute atomic E-state index is 0.00336. The first-order valence-electron chi connectivity index (χ1n) is 15.4. The van der Waals surface area contributed by atoms with Crippen molar-refractivity contribution in [2.45, 2.75) is 87.9 Å². The lowest BCUT2D eigenvalue weighted by atomic mass is 9.75. The fraction of sp³-hybridized carbons (Fsp3) is 0.500. The van der Waals surface area contributed by atoms with Gasteiger partial charge in [0.25, 0.3) is 11.8 Å². The average molecular weight is 649 g/mol. The first-order valence-corrected chi connectivity index (χ1v) is 15.4. The van der Waals surface area contributed by atoms with Gasteiger partial charge >= 0.3 is 24.4 Å². The van der Waals surface area contributed by atoms with Crippen molar-refractivity contribution in [2.75, 3.05) is 9.80 Å². The van der Waals surface area contributed by atoms with Crippen molar-refractivity contribution in [3.8, 4) is 0 Å². The molecule has 2 aliphatic carbocycles. The number of hydrogen-bond donors (Lipinski definition) is 0. The van der Waals surface area contributed by atoms with Gasteiger partial charge in [0.05, 0.1) is 22.5 Å². The Bertz CT molecular complexity index is 1420. The first-order chi connectivity index (χ1) is 21.8. The van der Waals surface area contributed by atoms with Gasteiger partial charge in [0.2, 0.25) is 0 Å². The molecule has 6 aliphatic heterocycles. The van der Waals surface area contributed by atoms with E-state index in [2.05, 4.69) is 0 Å². The quantitative estimate of drug-likeness (QED) is 0.264. The molecule has 2 atom stereocenters. The van der Waals surface area contributed by atoms with E-state index in [1.54, 1.807) is 9.80 Å². The van der Waals surface area contributed by atoms with E-state index in [-0.39, 0.29) is 47.1 Å². The zero-order chi connectivity index (χ0) is 32.7. The third kappa shape index (κ3) is 4.82. The van der Waals surface area contributed by atoms with Gasteiger partial charge in [-0.1, -0.05) is 12.1 Å². The van der Waals surface area contributed by atoms with Gasteiger partial charge in [-0.05, 0) is 99.6 Å². The van der Waals surface area contributed by atoms with Crippen LogP contribution in [0.4, 0.5) is 47.3 Å². The Hall–Kier alpha value is -4.10. The Morgan fingerprint density at radius 1 is 0.522 bits per heavy atom. The predicted molar refractivity (Wildman–Crippen MR) is 151 cm³/mol. The van der Waals surface area contributed by atoms with Crippen LogP contribution in [0.2, 0.25) is 0 Å². The van der Waals surface area contributed by atoms with Crippen molar-refractivity contribution in [3.05, 3.63) is 59.7 Å². The van der Waals surface area contributed by atoms with Crippen LogP contribution in [-0.2, 0) is 21.9 Å². The van der Waals surface area contributed by atoms with Gasteiger partial charge in [0, 0.05) is 12.1 Å². The van der Waals surface area contributed by atoms with Crippen LogP contribution in [0.15, 0.2) is 48.5 Å². The maximum absolute atomic E-state index is 12.9. The molecular formula is C32H30F6N4O4. The van der Waals surface area contributed by atoms with Crippen LogP contribution >= 0.6 is 0 Å². The summed E-state index contributed by atoms with van der Waals surface area (Å²) in [6.07, 6.45) is -1.91. The summed E-state index contributed by atoms with van der Waals surface area (Å²) in [7, 11) is 0. The standard InChI is InChI=1S/2C16H15F3N2O2/c2*17-16(18,19)10-2-1-3-12(8-10)21-14(22)13-9-4-6-11(7-5-9)20(13)15(21)23/h2*1-3,8-9,11,13H,4-7H2/t2*9?,11?,13-/m10/s1. The lowest BCUT2D eigenvalue weighted by molar-refractivity contribution is -0.138.